The fourth-order valence-corrected chi connectivity index (χ4v) is 2.90. The van der Waals surface area contributed by atoms with E-state index < -0.39 is 4.76 Å². The lowest BCUT2D eigenvalue weighted by molar-refractivity contribution is -0.925. The van der Waals surface area contributed by atoms with Crippen molar-refractivity contribution in [1.82, 2.24) is 0 Å². The molecule has 0 bridgehead atoms. The summed E-state index contributed by atoms with van der Waals surface area (Å²) in [4.78, 5) is 0. The lowest BCUT2D eigenvalue weighted by Gasteiger charge is -2.46. The number of hydroxylamine groups is 2. The summed E-state index contributed by atoms with van der Waals surface area (Å²) < 4.78 is 4.78. The summed E-state index contributed by atoms with van der Waals surface area (Å²) in [6, 6.07) is -0.0437. The van der Waals surface area contributed by atoms with Gasteiger partial charge in [0.25, 0.3) is 0 Å². The summed E-state index contributed by atoms with van der Waals surface area (Å²) in [5.74, 6) is 5.74. The number of hydrogen-bond acceptors (Lipinski definition) is 3. The van der Waals surface area contributed by atoms with Gasteiger partial charge in [-0.3, -0.25) is 4.76 Å². The molecule has 1 rings (SSSR count). The first-order chi connectivity index (χ1) is 9.67. The van der Waals surface area contributed by atoms with E-state index in [-0.39, 0.29) is 6.04 Å². The van der Waals surface area contributed by atoms with Gasteiger partial charge in [0, 0.05) is 6.42 Å². The Morgan fingerprint density at radius 3 is 2.10 bits per heavy atom. The van der Waals surface area contributed by atoms with Crippen molar-refractivity contribution in [3.63, 3.8) is 0 Å². The third-order valence-corrected chi connectivity index (χ3v) is 4.40. The third-order valence-electron chi connectivity index (χ3n) is 4.40. The average molecular weight is 286 g/mol. The lowest BCUT2D eigenvalue weighted by Crippen LogP contribution is -2.62. The fraction of sp³-hybridized carbons (Fsp3) is 1.00. The first-order valence-electron chi connectivity index (χ1n) is 8.62. The van der Waals surface area contributed by atoms with Crippen molar-refractivity contribution in [2.24, 2.45) is 5.84 Å². The molecule has 0 radical (unpaired) electrons. The van der Waals surface area contributed by atoms with Gasteiger partial charge in [-0.1, -0.05) is 64.7 Å². The molecule has 0 aromatic heterocycles. The van der Waals surface area contributed by atoms with Gasteiger partial charge in [-0.15, -0.1) is 0 Å². The SMILES string of the molecule is CCCCCCCCCCCCC1COCC[N+]1(N)[O-]. The Balaban J connectivity index is 1.89. The Bertz CT molecular complexity index is 235. The summed E-state index contributed by atoms with van der Waals surface area (Å²) in [7, 11) is 0. The highest BCUT2D eigenvalue weighted by molar-refractivity contribution is 4.63. The third kappa shape index (κ3) is 7.58. The van der Waals surface area contributed by atoms with E-state index in [2.05, 4.69) is 6.92 Å². The van der Waals surface area contributed by atoms with E-state index in [1.54, 1.807) is 0 Å². The molecule has 4 nitrogen and oxygen atoms in total. The van der Waals surface area contributed by atoms with Crippen LogP contribution in [0, 0.1) is 5.21 Å². The van der Waals surface area contributed by atoms with Gasteiger partial charge in [-0.05, 0) is 6.42 Å². The maximum Gasteiger partial charge on any atom is 0.130 e. The van der Waals surface area contributed by atoms with E-state index in [4.69, 9.17) is 10.6 Å². The lowest BCUT2D eigenvalue weighted by atomic mass is 10.0. The maximum atomic E-state index is 12.0. The van der Waals surface area contributed by atoms with Crippen LogP contribution in [0.1, 0.15) is 77.6 Å². The minimum absolute atomic E-state index is 0.0437. The Hall–Kier alpha value is -0.160. The van der Waals surface area contributed by atoms with Gasteiger partial charge < -0.3 is 9.94 Å². The van der Waals surface area contributed by atoms with E-state index in [9.17, 15) is 5.21 Å². The van der Waals surface area contributed by atoms with Gasteiger partial charge >= 0.3 is 0 Å². The predicted molar refractivity (Wildman–Crippen MR) is 83.7 cm³/mol. The van der Waals surface area contributed by atoms with Crippen LogP contribution in [0.4, 0.5) is 0 Å². The molecule has 1 aliphatic heterocycles. The van der Waals surface area contributed by atoms with Crippen LogP contribution in [0.15, 0.2) is 0 Å². The molecule has 0 aliphatic carbocycles. The zero-order chi connectivity index (χ0) is 14.7. The van der Waals surface area contributed by atoms with E-state index >= 15 is 0 Å². The number of morpholine rings is 1. The quantitative estimate of drug-likeness (QED) is 0.271. The monoisotopic (exact) mass is 286 g/mol. The van der Waals surface area contributed by atoms with Crippen molar-refractivity contribution in [3.8, 4) is 0 Å². The van der Waals surface area contributed by atoms with Crippen molar-refractivity contribution in [2.45, 2.75) is 83.6 Å². The number of hydrogen-bond donors (Lipinski definition) is 1. The summed E-state index contributed by atoms with van der Waals surface area (Å²) in [5, 5.41) is 12.0. The normalized spacial score (nSPS) is 26.9. The van der Waals surface area contributed by atoms with Gasteiger partial charge in [0.1, 0.15) is 19.2 Å². The van der Waals surface area contributed by atoms with Crippen LogP contribution in [-0.2, 0) is 4.74 Å². The van der Waals surface area contributed by atoms with Crippen LogP contribution in [0.5, 0.6) is 0 Å². The molecule has 1 heterocycles. The molecule has 0 amide bonds. The molecule has 1 saturated heterocycles. The summed E-state index contributed by atoms with van der Waals surface area (Å²) in [5.41, 5.74) is 0. The van der Waals surface area contributed by atoms with Gasteiger partial charge in [-0.2, -0.15) is 5.84 Å². The largest absolute Gasteiger partial charge is 0.611 e. The van der Waals surface area contributed by atoms with Crippen LogP contribution < -0.4 is 5.84 Å². The molecule has 120 valence electrons. The zero-order valence-electron chi connectivity index (χ0n) is 13.3. The molecule has 0 saturated carbocycles. The maximum absolute atomic E-state index is 12.0. The topological polar surface area (TPSA) is 58.3 Å². The minimum Gasteiger partial charge on any atom is -0.611 e. The van der Waals surface area contributed by atoms with Gasteiger partial charge in [-0.25, -0.2) is 0 Å². The molecule has 0 aromatic carbocycles. The number of rotatable bonds is 11. The number of nitrogens with zero attached hydrogens (tertiary/aromatic N) is 1. The Morgan fingerprint density at radius 2 is 1.55 bits per heavy atom. The minimum atomic E-state index is -0.586. The van der Waals surface area contributed by atoms with Crippen LogP contribution in [0.3, 0.4) is 0 Å². The molecule has 1 fully saturated rings. The number of nitrogens with two attached hydrogens (primary N) is 1. The second kappa shape index (κ2) is 10.6. The van der Waals surface area contributed by atoms with Crippen molar-refractivity contribution < 1.29 is 9.49 Å². The number of ether oxygens (including phenoxy) is 1. The highest BCUT2D eigenvalue weighted by Gasteiger charge is 2.29. The van der Waals surface area contributed by atoms with Gasteiger partial charge in [0.05, 0.1) is 6.61 Å². The van der Waals surface area contributed by atoms with Crippen LogP contribution >= 0.6 is 0 Å². The van der Waals surface area contributed by atoms with E-state index in [0.717, 1.165) is 12.8 Å². The van der Waals surface area contributed by atoms with Crippen molar-refractivity contribution in [3.05, 3.63) is 5.21 Å². The second-order valence-corrected chi connectivity index (χ2v) is 6.28. The highest BCUT2D eigenvalue weighted by Crippen LogP contribution is 2.18. The predicted octanol–water partition coefficient (Wildman–Crippen LogP) is 3.88. The van der Waals surface area contributed by atoms with Crippen molar-refractivity contribution >= 4 is 0 Å². The van der Waals surface area contributed by atoms with Crippen LogP contribution in [-0.4, -0.2) is 30.6 Å². The molecule has 4 heteroatoms. The molecule has 0 spiro atoms. The molecule has 20 heavy (non-hydrogen) atoms. The number of quaternary nitrogens is 1. The summed E-state index contributed by atoms with van der Waals surface area (Å²) >= 11 is 0. The molecule has 2 atom stereocenters. The van der Waals surface area contributed by atoms with Crippen molar-refractivity contribution in [2.75, 3.05) is 19.8 Å². The molecule has 2 unspecified atom stereocenters. The molecule has 2 N–H and O–H groups in total. The Morgan fingerprint density at radius 1 is 1.00 bits per heavy atom. The van der Waals surface area contributed by atoms with Crippen molar-refractivity contribution in [1.29, 1.82) is 0 Å². The number of unbranched alkanes of at least 4 members (excludes halogenated alkanes) is 9. The highest BCUT2D eigenvalue weighted by atomic mass is 16.6. The van der Waals surface area contributed by atoms with E-state index in [1.165, 1.54) is 57.8 Å². The molecular weight excluding hydrogens is 252 g/mol. The van der Waals surface area contributed by atoms with E-state index in [1.807, 2.05) is 0 Å². The second-order valence-electron chi connectivity index (χ2n) is 6.28. The summed E-state index contributed by atoms with van der Waals surface area (Å²) in [6.07, 6.45) is 14.2. The smallest absolute Gasteiger partial charge is 0.130 e. The Labute approximate surface area is 124 Å². The standard InChI is InChI=1S/C16H34N2O2/c1-2-3-4-5-6-7-8-9-10-11-12-16-15-20-14-13-18(16,17)19/h16H,2-15,17H2,1H3. The first kappa shape index (κ1) is 17.9. The summed E-state index contributed by atoms with van der Waals surface area (Å²) in [6.45, 7) is 3.71. The van der Waals surface area contributed by atoms with Gasteiger partial charge in [0.15, 0.2) is 0 Å². The average Bonchev–Trinajstić information content (AvgIpc) is 2.42. The molecule has 0 aromatic rings. The molecular formula is C16H34N2O2. The molecule has 1 aliphatic rings. The Kier molecular flexibility index (Phi) is 9.44. The zero-order valence-corrected chi connectivity index (χ0v) is 13.3. The van der Waals surface area contributed by atoms with Gasteiger partial charge in [0.2, 0.25) is 0 Å². The first-order valence-corrected chi connectivity index (χ1v) is 8.62. The fourth-order valence-electron chi connectivity index (χ4n) is 2.90. The van der Waals surface area contributed by atoms with E-state index in [0.29, 0.717) is 19.8 Å². The van der Waals surface area contributed by atoms with Crippen LogP contribution in [0.2, 0.25) is 0 Å². The van der Waals surface area contributed by atoms with Crippen LogP contribution in [0.25, 0.3) is 0 Å².